The average molecular weight is 376 g/mol. The molecule has 3 atom stereocenters. The van der Waals surface area contributed by atoms with Crippen molar-refractivity contribution in [3.63, 3.8) is 0 Å². The highest BCUT2D eigenvalue weighted by Crippen LogP contribution is 2.29. The number of halogens is 2. The van der Waals surface area contributed by atoms with Gasteiger partial charge in [0, 0.05) is 0 Å². The third kappa shape index (κ3) is 6.64. The molecule has 0 radical (unpaired) electrons. The Morgan fingerprint density at radius 3 is 2.28 bits per heavy atom. The van der Waals surface area contributed by atoms with Gasteiger partial charge in [-0.05, 0) is 42.4 Å². The fraction of sp³-hybridized carbons (Fsp3) is 0.667. The summed E-state index contributed by atoms with van der Waals surface area (Å²) < 4.78 is 51.7. The SMILES string of the molecule is CC(C)(C)c1ccc(OC2CCCCC2OS(=O)OCC(F)F)cc1. The van der Waals surface area contributed by atoms with Gasteiger partial charge in [0.1, 0.15) is 24.6 Å². The van der Waals surface area contributed by atoms with Crippen LogP contribution in [-0.4, -0.2) is 29.4 Å². The van der Waals surface area contributed by atoms with Crippen LogP contribution in [0.15, 0.2) is 24.3 Å². The molecule has 0 amide bonds. The van der Waals surface area contributed by atoms with Crippen LogP contribution in [-0.2, 0) is 25.1 Å². The van der Waals surface area contributed by atoms with E-state index in [4.69, 9.17) is 8.92 Å². The first-order valence-electron chi connectivity index (χ1n) is 8.53. The van der Waals surface area contributed by atoms with E-state index in [-0.39, 0.29) is 11.5 Å². The normalized spacial score (nSPS) is 22.8. The Kier molecular flexibility index (Phi) is 7.34. The van der Waals surface area contributed by atoms with E-state index < -0.39 is 30.5 Å². The van der Waals surface area contributed by atoms with E-state index in [1.54, 1.807) is 0 Å². The molecule has 0 heterocycles. The largest absolute Gasteiger partial charge is 0.488 e. The molecule has 1 fully saturated rings. The van der Waals surface area contributed by atoms with Crippen LogP contribution in [0.2, 0.25) is 0 Å². The molecule has 1 saturated carbocycles. The third-order valence-electron chi connectivity index (χ3n) is 4.14. The topological polar surface area (TPSA) is 44.8 Å². The Morgan fingerprint density at radius 1 is 1.12 bits per heavy atom. The van der Waals surface area contributed by atoms with Crippen molar-refractivity contribution in [1.29, 1.82) is 0 Å². The van der Waals surface area contributed by atoms with Gasteiger partial charge < -0.3 is 4.74 Å². The van der Waals surface area contributed by atoms with Crippen molar-refractivity contribution in [2.45, 2.75) is 70.5 Å². The van der Waals surface area contributed by atoms with Crippen LogP contribution in [0.5, 0.6) is 5.75 Å². The van der Waals surface area contributed by atoms with Crippen LogP contribution in [0.4, 0.5) is 8.78 Å². The molecular formula is C18H26F2O4S. The summed E-state index contributed by atoms with van der Waals surface area (Å²) >= 11 is -2.19. The van der Waals surface area contributed by atoms with Crippen molar-refractivity contribution >= 4 is 11.4 Å². The smallest absolute Gasteiger partial charge is 0.305 e. The molecule has 142 valence electrons. The summed E-state index contributed by atoms with van der Waals surface area (Å²) in [5.41, 5.74) is 1.27. The lowest BCUT2D eigenvalue weighted by atomic mass is 9.87. The van der Waals surface area contributed by atoms with Crippen molar-refractivity contribution in [2.24, 2.45) is 0 Å². The maximum atomic E-state index is 12.1. The van der Waals surface area contributed by atoms with Gasteiger partial charge >= 0.3 is 11.4 Å². The zero-order valence-corrected chi connectivity index (χ0v) is 15.7. The van der Waals surface area contributed by atoms with Crippen LogP contribution >= 0.6 is 0 Å². The van der Waals surface area contributed by atoms with Gasteiger partial charge in [-0.2, -0.15) is 4.21 Å². The monoisotopic (exact) mass is 376 g/mol. The van der Waals surface area contributed by atoms with Crippen LogP contribution in [0, 0.1) is 0 Å². The zero-order chi connectivity index (χ0) is 18.4. The molecule has 1 aromatic rings. The predicted octanol–water partition coefficient (Wildman–Crippen LogP) is 4.55. The third-order valence-corrected chi connectivity index (χ3v) is 4.88. The fourth-order valence-corrected chi connectivity index (χ4v) is 3.44. The first kappa shape index (κ1) is 20.3. The first-order chi connectivity index (χ1) is 11.8. The quantitative estimate of drug-likeness (QED) is 0.700. The number of alkyl halides is 2. The minimum Gasteiger partial charge on any atom is -0.488 e. The summed E-state index contributed by atoms with van der Waals surface area (Å²) in [7, 11) is 0. The van der Waals surface area contributed by atoms with Crippen LogP contribution in [0.3, 0.4) is 0 Å². The van der Waals surface area contributed by atoms with E-state index in [1.165, 1.54) is 5.56 Å². The number of hydrogen-bond donors (Lipinski definition) is 0. The Balaban J connectivity index is 1.95. The lowest BCUT2D eigenvalue weighted by molar-refractivity contribution is 0.0165. The minimum absolute atomic E-state index is 0.0634. The molecule has 1 aliphatic rings. The first-order valence-corrected chi connectivity index (χ1v) is 9.53. The van der Waals surface area contributed by atoms with Gasteiger partial charge in [0.25, 0.3) is 6.43 Å². The molecule has 3 unspecified atom stereocenters. The summed E-state index contributed by atoms with van der Waals surface area (Å²) in [5.74, 6) is 0.716. The molecule has 7 heteroatoms. The van der Waals surface area contributed by atoms with E-state index >= 15 is 0 Å². The highest BCUT2D eigenvalue weighted by Gasteiger charge is 2.30. The number of benzene rings is 1. The Hall–Kier alpha value is -1.05. The average Bonchev–Trinajstić information content (AvgIpc) is 2.54. The van der Waals surface area contributed by atoms with Gasteiger partial charge in [-0.25, -0.2) is 8.78 Å². The standard InChI is InChI=1S/C18H26F2O4S/c1-18(2,3)13-8-10-14(11-9-13)23-15-6-4-5-7-16(15)24-25(21)22-12-17(19)20/h8-11,15-17H,4-7,12H2,1-3H3. The van der Waals surface area contributed by atoms with Gasteiger partial charge in [0.2, 0.25) is 0 Å². The number of hydrogen-bond acceptors (Lipinski definition) is 4. The molecule has 0 aliphatic heterocycles. The zero-order valence-electron chi connectivity index (χ0n) is 14.9. The summed E-state index contributed by atoms with van der Waals surface area (Å²) in [4.78, 5) is 0. The van der Waals surface area contributed by atoms with Crippen LogP contribution in [0.25, 0.3) is 0 Å². The van der Waals surface area contributed by atoms with Crippen molar-refractivity contribution in [3.8, 4) is 5.75 Å². The summed E-state index contributed by atoms with van der Waals surface area (Å²) in [5, 5.41) is 0. The maximum Gasteiger partial charge on any atom is 0.305 e. The molecule has 2 rings (SSSR count). The second-order valence-electron chi connectivity index (χ2n) is 7.23. The molecule has 4 nitrogen and oxygen atoms in total. The molecule has 0 N–H and O–H groups in total. The Morgan fingerprint density at radius 2 is 1.72 bits per heavy atom. The van der Waals surface area contributed by atoms with E-state index in [1.807, 2.05) is 24.3 Å². The predicted molar refractivity (Wildman–Crippen MR) is 93.0 cm³/mol. The molecular weight excluding hydrogens is 350 g/mol. The molecule has 25 heavy (non-hydrogen) atoms. The highest BCUT2D eigenvalue weighted by atomic mass is 32.2. The van der Waals surface area contributed by atoms with E-state index in [9.17, 15) is 13.0 Å². The molecule has 0 saturated heterocycles. The Labute approximate surface area is 150 Å². The van der Waals surface area contributed by atoms with E-state index in [0.29, 0.717) is 12.2 Å². The maximum absolute atomic E-state index is 12.1. The van der Waals surface area contributed by atoms with Crippen molar-refractivity contribution < 1.29 is 26.1 Å². The summed E-state index contributed by atoms with van der Waals surface area (Å²) in [6, 6.07) is 7.88. The Bertz CT molecular complexity index is 557. The van der Waals surface area contributed by atoms with Crippen LogP contribution < -0.4 is 4.74 Å². The van der Waals surface area contributed by atoms with Gasteiger partial charge in [0.05, 0.1) is 0 Å². The molecule has 0 spiro atoms. The van der Waals surface area contributed by atoms with Crippen LogP contribution in [0.1, 0.15) is 52.0 Å². The van der Waals surface area contributed by atoms with E-state index in [0.717, 1.165) is 19.3 Å². The van der Waals surface area contributed by atoms with Gasteiger partial charge in [-0.3, -0.25) is 8.37 Å². The molecule has 1 aromatic carbocycles. The second kappa shape index (κ2) is 9.05. The lowest BCUT2D eigenvalue weighted by Crippen LogP contribution is -2.37. The van der Waals surface area contributed by atoms with E-state index in [2.05, 4.69) is 25.0 Å². The van der Waals surface area contributed by atoms with Gasteiger partial charge in [-0.15, -0.1) is 0 Å². The molecule has 1 aliphatic carbocycles. The highest BCUT2D eigenvalue weighted by molar-refractivity contribution is 7.75. The van der Waals surface area contributed by atoms with Gasteiger partial charge in [-0.1, -0.05) is 39.3 Å². The molecule has 0 aromatic heterocycles. The van der Waals surface area contributed by atoms with Crippen molar-refractivity contribution in [3.05, 3.63) is 29.8 Å². The summed E-state index contributed by atoms with van der Waals surface area (Å²) in [6.07, 6.45) is -0.0591. The number of ether oxygens (including phenoxy) is 1. The fourth-order valence-electron chi connectivity index (χ4n) is 2.75. The summed E-state index contributed by atoms with van der Waals surface area (Å²) in [6.45, 7) is 5.52. The minimum atomic E-state index is -2.67. The van der Waals surface area contributed by atoms with Gasteiger partial charge in [0.15, 0.2) is 0 Å². The number of rotatable bonds is 7. The lowest BCUT2D eigenvalue weighted by Gasteiger charge is -2.31. The van der Waals surface area contributed by atoms with Crippen molar-refractivity contribution in [2.75, 3.05) is 6.61 Å². The molecule has 0 bridgehead atoms. The van der Waals surface area contributed by atoms with Crippen molar-refractivity contribution in [1.82, 2.24) is 0 Å². The second-order valence-corrected chi connectivity index (χ2v) is 8.07.